The van der Waals surface area contributed by atoms with E-state index in [2.05, 4.69) is 0 Å². The van der Waals surface area contributed by atoms with Crippen LogP contribution in [0.1, 0.15) is 17.2 Å². The summed E-state index contributed by atoms with van der Waals surface area (Å²) in [5.41, 5.74) is 7.11. The SMILES string of the molecule is Nc1cc(Cl)ccc1C(O)c1cccc(F)c1. The van der Waals surface area contributed by atoms with Crippen molar-refractivity contribution in [2.45, 2.75) is 6.10 Å². The van der Waals surface area contributed by atoms with Gasteiger partial charge in [-0.3, -0.25) is 0 Å². The smallest absolute Gasteiger partial charge is 0.123 e. The average Bonchev–Trinajstić information content (AvgIpc) is 2.28. The van der Waals surface area contributed by atoms with E-state index in [9.17, 15) is 9.50 Å². The highest BCUT2D eigenvalue weighted by molar-refractivity contribution is 6.30. The molecule has 2 rings (SSSR count). The minimum atomic E-state index is -0.956. The maximum absolute atomic E-state index is 13.0. The van der Waals surface area contributed by atoms with E-state index in [0.29, 0.717) is 21.8 Å². The van der Waals surface area contributed by atoms with Gasteiger partial charge in [0.05, 0.1) is 0 Å². The second-order valence-corrected chi connectivity index (χ2v) is 4.17. The first-order chi connectivity index (χ1) is 8.08. The van der Waals surface area contributed by atoms with Gasteiger partial charge in [0.25, 0.3) is 0 Å². The predicted octanol–water partition coefficient (Wildman–Crippen LogP) is 3.14. The normalized spacial score (nSPS) is 12.4. The van der Waals surface area contributed by atoms with Crippen LogP contribution in [0.5, 0.6) is 0 Å². The molecule has 2 aromatic carbocycles. The Labute approximate surface area is 103 Å². The van der Waals surface area contributed by atoms with E-state index in [1.54, 1.807) is 30.3 Å². The molecule has 0 aliphatic carbocycles. The molecular weight excluding hydrogens is 241 g/mol. The monoisotopic (exact) mass is 251 g/mol. The number of aliphatic hydroxyl groups excluding tert-OH is 1. The third kappa shape index (κ3) is 2.57. The van der Waals surface area contributed by atoms with Crippen LogP contribution in [0, 0.1) is 5.82 Å². The average molecular weight is 252 g/mol. The third-order valence-electron chi connectivity index (χ3n) is 2.51. The molecule has 0 aliphatic heterocycles. The number of rotatable bonds is 2. The largest absolute Gasteiger partial charge is 0.398 e. The summed E-state index contributed by atoms with van der Waals surface area (Å²) in [6.07, 6.45) is -0.956. The Kier molecular flexibility index (Phi) is 3.31. The van der Waals surface area contributed by atoms with E-state index in [1.807, 2.05) is 0 Å². The summed E-state index contributed by atoms with van der Waals surface area (Å²) in [6, 6.07) is 10.6. The quantitative estimate of drug-likeness (QED) is 0.806. The Hall–Kier alpha value is -1.58. The van der Waals surface area contributed by atoms with Gasteiger partial charge >= 0.3 is 0 Å². The molecule has 0 amide bonds. The van der Waals surface area contributed by atoms with Crippen LogP contribution >= 0.6 is 11.6 Å². The van der Waals surface area contributed by atoms with Crippen LogP contribution in [0.2, 0.25) is 5.02 Å². The molecule has 1 unspecified atom stereocenters. The highest BCUT2D eigenvalue weighted by Crippen LogP contribution is 2.28. The van der Waals surface area contributed by atoms with Gasteiger partial charge in [-0.2, -0.15) is 0 Å². The molecule has 2 nitrogen and oxygen atoms in total. The molecule has 0 bridgehead atoms. The second kappa shape index (κ2) is 4.73. The zero-order valence-corrected chi connectivity index (χ0v) is 9.66. The van der Waals surface area contributed by atoms with Crippen LogP contribution < -0.4 is 5.73 Å². The summed E-state index contributed by atoms with van der Waals surface area (Å²) in [6.45, 7) is 0. The molecule has 17 heavy (non-hydrogen) atoms. The van der Waals surface area contributed by atoms with E-state index < -0.39 is 11.9 Å². The fourth-order valence-electron chi connectivity index (χ4n) is 1.65. The van der Waals surface area contributed by atoms with E-state index in [1.165, 1.54) is 12.1 Å². The summed E-state index contributed by atoms with van der Waals surface area (Å²) in [5, 5.41) is 10.6. The highest BCUT2D eigenvalue weighted by atomic mass is 35.5. The van der Waals surface area contributed by atoms with Gasteiger partial charge < -0.3 is 10.8 Å². The topological polar surface area (TPSA) is 46.2 Å². The molecule has 0 aromatic heterocycles. The van der Waals surface area contributed by atoms with Gasteiger partial charge in [0, 0.05) is 16.3 Å². The summed E-state index contributed by atoms with van der Waals surface area (Å²) in [7, 11) is 0. The van der Waals surface area contributed by atoms with Crippen molar-refractivity contribution in [3.63, 3.8) is 0 Å². The number of halogens is 2. The maximum atomic E-state index is 13.0. The summed E-state index contributed by atoms with van der Waals surface area (Å²) in [5.74, 6) is -0.394. The van der Waals surface area contributed by atoms with Crippen molar-refractivity contribution < 1.29 is 9.50 Å². The molecular formula is C13H11ClFNO. The summed E-state index contributed by atoms with van der Waals surface area (Å²) >= 11 is 5.77. The van der Waals surface area contributed by atoms with Crippen LogP contribution in [0.25, 0.3) is 0 Å². The summed E-state index contributed by atoms with van der Waals surface area (Å²) < 4.78 is 13.0. The zero-order valence-electron chi connectivity index (χ0n) is 8.90. The fourth-order valence-corrected chi connectivity index (χ4v) is 1.83. The van der Waals surface area contributed by atoms with E-state index in [-0.39, 0.29) is 0 Å². The molecule has 3 N–H and O–H groups in total. The fraction of sp³-hybridized carbons (Fsp3) is 0.0769. The maximum Gasteiger partial charge on any atom is 0.123 e. The van der Waals surface area contributed by atoms with Gasteiger partial charge in [-0.1, -0.05) is 29.8 Å². The first-order valence-electron chi connectivity index (χ1n) is 5.06. The molecule has 88 valence electrons. The number of anilines is 1. The Bertz CT molecular complexity index is 545. The molecule has 0 radical (unpaired) electrons. The Morgan fingerprint density at radius 3 is 2.59 bits per heavy atom. The van der Waals surface area contributed by atoms with Gasteiger partial charge in [-0.25, -0.2) is 4.39 Å². The molecule has 0 fully saturated rings. The molecule has 0 saturated heterocycles. The van der Waals surface area contributed by atoms with Crippen molar-refractivity contribution in [1.29, 1.82) is 0 Å². The zero-order chi connectivity index (χ0) is 12.4. The van der Waals surface area contributed by atoms with Crippen molar-refractivity contribution in [3.05, 3.63) is 64.4 Å². The molecule has 0 spiro atoms. The van der Waals surface area contributed by atoms with Crippen molar-refractivity contribution >= 4 is 17.3 Å². The third-order valence-corrected chi connectivity index (χ3v) is 2.74. The Morgan fingerprint density at radius 2 is 1.94 bits per heavy atom. The first kappa shape index (κ1) is 11.9. The lowest BCUT2D eigenvalue weighted by Crippen LogP contribution is -2.04. The highest BCUT2D eigenvalue weighted by Gasteiger charge is 2.14. The number of hydrogen-bond donors (Lipinski definition) is 2. The number of benzene rings is 2. The molecule has 4 heteroatoms. The predicted molar refractivity (Wildman–Crippen MR) is 66.3 cm³/mol. The van der Waals surface area contributed by atoms with Crippen LogP contribution in [0.15, 0.2) is 42.5 Å². The number of nitrogens with two attached hydrogens (primary N) is 1. The molecule has 2 aromatic rings. The molecule has 0 heterocycles. The number of aliphatic hydroxyl groups is 1. The van der Waals surface area contributed by atoms with Crippen LogP contribution in [0.4, 0.5) is 10.1 Å². The minimum absolute atomic E-state index is 0.384. The minimum Gasteiger partial charge on any atom is -0.398 e. The van der Waals surface area contributed by atoms with Crippen molar-refractivity contribution in [2.75, 3.05) is 5.73 Å². The number of hydrogen-bond acceptors (Lipinski definition) is 2. The number of nitrogen functional groups attached to an aromatic ring is 1. The van der Waals surface area contributed by atoms with Gasteiger partial charge in [-0.05, 0) is 29.8 Å². The van der Waals surface area contributed by atoms with E-state index in [4.69, 9.17) is 17.3 Å². The molecule has 0 aliphatic rings. The Balaban J connectivity index is 2.40. The van der Waals surface area contributed by atoms with Crippen molar-refractivity contribution in [2.24, 2.45) is 0 Å². The van der Waals surface area contributed by atoms with Gasteiger partial charge in [-0.15, -0.1) is 0 Å². The molecule has 0 saturated carbocycles. The second-order valence-electron chi connectivity index (χ2n) is 3.73. The lowest BCUT2D eigenvalue weighted by Gasteiger charge is -2.14. The van der Waals surface area contributed by atoms with Gasteiger partial charge in [0.2, 0.25) is 0 Å². The first-order valence-corrected chi connectivity index (χ1v) is 5.44. The summed E-state index contributed by atoms with van der Waals surface area (Å²) in [4.78, 5) is 0. The lowest BCUT2D eigenvalue weighted by atomic mass is 10.00. The molecule has 1 atom stereocenters. The van der Waals surface area contributed by atoms with Gasteiger partial charge in [0.1, 0.15) is 11.9 Å². The van der Waals surface area contributed by atoms with Crippen LogP contribution in [-0.2, 0) is 0 Å². The standard InChI is InChI=1S/C13H11ClFNO/c14-9-4-5-11(12(16)7-9)13(17)8-2-1-3-10(15)6-8/h1-7,13,17H,16H2. The van der Waals surface area contributed by atoms with Crippen LogP contribution in [0.3, 0.4) is 0 Å². The lowest BCUT2D eigenvalue weighted by molar-refractivity contribution is 0.220. The van der Waals surface area contributed by atoms with Crippen molar-refractivity contribution in [1.82, 2.24) is 0 Å². The van der Waals surface area contributed by atoms with Gasteiger partial charge in [0.15, 0.2) is 0 Å². The Morgan fingerprint density at radius 1 is 1.18 bits per heavy atom. The van der Waals surface area contributed by atoms with E-state index in [0.717, 1.165) is 0 Å². The van der Waals surface area contributed by atoms with Crippen LogP contribution in [-0.4, -0.2) is 5.11 Å². The van der Waals surface area contributed by atoms with E-state index >= 15 is 0 Å². The van der Waals surface area contributed by atoms with Crippen molar-refractivity contribution in [3.8, 4) is 0 Å².